The number of halogens is 1. The number of non-ortho nitro benzene ring substituents is 1. The van der Waals surface area contributed by atoms with Crippen LogP contribution >= 0.6 is 17.0 Å². The summed E-state index contributed by atoms with van der Waals surface area (Å²) in [6.45, 7) is 1.57. The van der Waals surface area contributed by atoms with Crippen LogP contribution in [-0.2, 0) is 13.0 Å². The van der Waals surface area contributed by atoms with Crippen LogP contribution in [0.4, 0.5) is 5.69 Å². The lowest BCUT2D eigenvalue weighted by atomic mass is 10.1. The predicted molar refractivity (Wildman–Crippen MR) is 97.1 cm³/mol. The highest BCUT2D eigenvalue weighted by atomic mass is 79.9. The van der Waals surface area contributed by atoms with E-state index in [0.717, 1.165) is 24.0 Å². The molecule has 5 nitrogen and oxygen atoms in total. The zero-order chi connectivity index (χ0) is 15.4. The lowest BCUT2D eigenvalue weighted by Crippen LogP contribution is -2.16. The van der Waals surface area contributed by atoms with Gasteiger partial charge in [0.1, 0.15) is 0 Å². The molecule has 3 aromatic rings. The van der Waals surface area contributed by atoms with Gasteiger partial charge in [0.2, 0.25) is 0 Å². The van der Waals surface area contributed by atoms with Crippen molar-refractivity contribution in [1.82, 2.24) is 10.3 Å². The Morgan fingerprint density at radius 3 is 2.57 bits per heavy atom. The van der Waals surface area contributed by atoms with Gasteiger partial charge < -0.3 is 10.3 Å². The number of fused-ring (bicyclic) bond motifs is 1. The van der Waals surface area contributed by atoms with Crippen molar-refractivity contribution in [2.24, 2.45) is 0 Å². The Labute approximate surface area is 144 Å². The molecule has 0 atom stereocenters. The van der Waals surface area contributed by atoms with Gasteiger partial charge in [-0.1, -0.05) is 30.3 Å². The minimum absolute atomic E-state index is 0. The topological polar surface area (TPSA) is 71.0 Å². The van der Waals surface area contributed by atoms with Crippen LogP contribution in [0.15, 0.2) is 54.7 Å². The van der Waals surface area contributed by atoms with Gasteiger partial charge in [0.25, 0.3) is 5.69 Å². The molecule has 0 aliphatic carbocycles. The van der Waals surface area contributed by atoms with E-state index in [2.05, 4.69) is 28.6 Å². The molecule has 0 unspecified atom stereocenters. The minimum atomic E-state index is -0.381. The van der Waals surface area contributed by atoms with Crippen LogP contribution < -0.4 is 5.32 Å². The van der Waals surface area contributed by atoms with Gasteiger partial charge in [-0.3, -0.25) is 10.1 Å². The first-order chi connectivity index (χ1) is 10.7. The Kier molecular flexibility index (Phi) is 5.90. The molecule has 0 bridgehead atoms. The number of nitrogens with zero attached hydrogens (tertiary/aromatic N) is 1. The van der Waals surface area contributed by atoms with Crippen LogP contribution in [0.3, 0.4) is 0 Å². The van der Waals surface area contributed by atoms with Gasteiger partial charge in [-0.15, -0.1) is 17.0 Å². The smallest absolute Gasteiger partial charge is 0.269 e. The first-order valence-corrected chi connectivity index (χ1v) is 7.23. The number of para-hydroxylation sites is 1. The summed E-state index contributed by atoms with van der Waals surface area (Å²) < 4.78 is 0. The Bertz CT molecular complexity index is 784. The third kappa shape index (κ3) is 4.18. The Hall–Kier alpha value is -2.18. The highest BCUT2D eigenvalue weighted by molar-refractivity contribution is 8.93. The molecular weight excluding hydrogens is 358 g/mol. The van der Waals surface area contributed by atoms with Gasteiger partial charge in [-0.25, -0.2) is 0 Å². The number of aromatic nitrogens is 1. The predicted octanol–water partition coefficient (Wildman–Crippen LogP) is 3.99. The highest BCUT2D eigenvalue weighted by Crippen LogP contribution is 2.17. The molecule has 23 heavy (non-hydrogen) atoms. The van der Waals surface area contributed by atoms with Crippen molar-refractivity contribution < 1.29 is 4.92 Å². The second-order valence-corrected chi connectivity index (χ2v) is 5.21. The van der Waals surface area contributed by atoms with Gasteiger partial charge >= 0.3 is 0 Å². The van der Waals surface area contributed by atoms with Gasteiger partial charge in [0.05, 0.1) is 4.92 Å². The van der Waals surface area contributed by atoms with Gasteiger partial charge in [0.15, 0.2) is 0 Å². The zero-order valence-electron chi connectivity index (χ0n) is 12.5. The monoisotopic (exact) mass is 375 g/mol. The van der Waals surface area contributed by atoms with Gasteiger partial charge in [0, 0.05) is 35.8 Å². The summed E-state index contributed by atoms with van der Waals surface area (Å²) in [7, 11) is 0. The second-order valence-electron chi connectivity index (χ2n) is 5.21. The number of hydrogen-bond donors (Lipinski definition) is 2. The number of aromatic amines is 1. The summed E-state index contributed by atoms with van der Waals surface area (Å²) in [5, 5.41) is 15.2. The number of rotatable bonds is 6. The third-order valence-corrected chi connectivity index (χ3v) is 3.72. The number of nitro groups is 1. The molecule has 6 heteroatoms. The van der Waals surface area contributed by atoms with Crippen LogP contribution in [-0.4, -0.2) is 16.5 Å². The summed E-state index contributed by atoms with van der Waals surface area (Å²) >= 11 is 0. The fourth-order valence-electron chi connectivity index (χ4n) is 2.53. The standard InChI is InChI=1S/C17H17N3O2.BrH/c21-20(22)15-7-5-13(6-8-15)11-18-10-9-14-12-19-17-4-2-1-3-16(14)17;/h1-8,12,18-19H,9-11H2;1H. The minimum Gasteiger partial charge on any atom is -0.361 e. The zero-order valence-corrected chi connectivity index (χ0v) is 14.2. The lowest BCUT2D eigenvalue weighted by Gasteiger charge is -2.04. The fraction of sp³-hybridized carbons (Fsp3) is 0.176. The fourth-order valence-corrected chi connectivity index (χ4v) is 2.53. The van der Waals surface area contributed by atoms with Crippen molar-refractivity contribution in [2.45, 2.75) is 13.0 Å². The maximum Gasteiger partial charge on any atom is 0.269 e. The number of nitro benzene ring substituents is 1. The molecule has 0 aliphatic heterocycles. The van der Waals surface area contributed by atoms with E-state index in [0.29, 0.717) is 6.54 Å². The summed E-state index contributed by atoms with van der Waals surface area (Å²) in [6, 6.07) is 14.9. The van der Waals surface area contributed by atoms with E-state index in [1.54, 1.807) is 12.1 Å². The van der Waals surface area contributed by atoms with Crippen molar-refractivity contribution in [3.63, 3.8) is 0 Å². The summed E-state index contributed by atoms with van der Waals surface area (Å²) in [6.07, 6.45) is 3.00. The Morgan fingerprint density at radius 1 is 1.09 bits per heavy atom. The SMILES string of the molecule is Br.O=[N+]([O-])c1ccc(CNCCc2c[nH]c3ccccc23)cc1. The lowest BCUT2D eigenvalue weighted by molar-refractivity contribution is -0.384. The number of benzene rings is 2. The van der Waals surface area contributed by atoms with Crippen LogP contribution in [0.25, 0.3) is 10.9 Å². The third-order valence-electron chi connectivity index (χ3n) is 3.72. The molecule has 0 fully saturated rings. The van der Waals surface area contributed by atoms with Gasteiger partial charge in [-0.2, -0.15) is 0 Å². The normalized spacial score (nSPS) is 10.4. The van der Waals surface area contributed by atoms with Crippen LogP contribution in [0.5, 0.6) is 0 Å². The number of hydrogen-bond acceptors (Lipinski definition) is 3. The summed E-state index contributed by atoms with van der Waals surface area (Å²) in [4.78, 5) is 13.5. The molecule has 0 saturated heterocycles. The average Bonchev–Trinajstić information content (AvgIpc) is 2.95. The number of nitrogens with one attached hydrogen (secondary N) is 2. The second kappa shape index (κ2) is 7.89. The number of H-pyrrole nitrogens is 1. The molecule has 0 radical (unpaired) electrons. The van der Waals surface area contributed by atoms with E-state index in [1.165, 1.54) is 23.1 Å². The Balaban J connectivity index is 0.00000192. The Morgan fingerprint density at radius 2 is 1.83 bits per heavy atom. The molecule has 1 heterocycles. The molecule has 3 rings (SSSR count). The van der Waals surface area contributed by atoms with Gasteiger partial charge in [-0.05, 0) is 30.2 Å². The summed E-state index contributed by atoms with van der Waals surface area (Å²) in [5.74, 6) is 0. The van der Waals surface area contributed by atoms with E-state index < -0.39 is 0 Å². The van der Waals surface area contributed by atoms with Crippen molar-refractivity contribution in [3.8, 4) is 0 Å². The largest absolute Gasteiger partial charge is 0.361 e. The van der Waals surface area contributed by atoms with Crippen molar-refractivity contribution >= 4 is 33.6 Å². The van der Waals surface area contributed by atoms with Crippen molar-refractivity contribution in [2.75, 3.05) is 6.54 Å². The van der Waals surface area contributed by atoms with Crippen molar-refractivity contribution in [1.29, 1.82) is 0 Å². The highest BCUT2D eigenvalue weighted by Gasteiger charge is 2.04. The van der Waals surface area contributed by atoms with E-state index in [4.69, 9.17) is 0 Å². The molecule has 0 aliphatic rings. The molecular formula is C17H18BrN3O2. The average molecular weight is 376 g/mol. The summed E-state index contributed by atoms with van der Waals surface area (Å²) in [5.41, 5.74) is 3.63. The maximum absolute atomic E-state index is 10.6. The molecule has 2 N–H and O–H groups in total. The van der Waals surface area contributed by atoms with E-state index in [-0.39, 0.29) is 27.6 Å². The van der Waals surface area contributed by atoms with Crippen molar-refractivity contribution in [3.05, 3.63) is 76.0 Å². The first-order valence-electron chi connectivity index (χ1n) is 7.23. The first kappa shape index (κ1) is 17.2. The molecule has 2 aromatic carbocycles. The molecule has 120 valence electrons. The van der Waals surface area contributed by atoms with Crippen LogP contribution in [0.1, 0.15) is 11.1 Å². The molecule has 0 spiro atoms. The quantitative estimate of drug-likeness (QED) is 0.388. The van der Waals surface area contributed by atoms with Crippen LogP contribution in [0.2, 0.25) is 0 Å². The maximum atomic E-state index is 10.6. The molecule has 0 amide bonds. The van der Waals surface area contributed by atoms with E-state index >= 15 is 0 Å². The van der Waals surface area contributed by atoms with E-state index in [9.17, 15) is 10.1 Å². The van der Waals surface area contributed by atoms with Crippen LogP contribution in [0, 0.1) is 10.1 Å². The molecule has 0 saturated carbocycles. The molecule has 1 aromatic heterocycles. The van der Waals surface area contributed by atoms with E-state index in [1.807, 2.05) is 12.1 Å².